The molecule has 1 unspecified atom stereocenters. The van der Waals surface area contributed by atoms with Gasteiger partial charge in [0, 0.05) is 0 Å². The maximum Gasteiger partial charge on any atom is 3.00 e. The van der Waals surface area contributed by atoms with Crippen molar-refractivity contribution in [1.29, 1.82) is 0 Å². The Hall–Kier alpha value is -1.20. The molecule has 2 aliphatic carbocycles. The molecule has 0 amide bonds. The van der Waals surface area contributed by atoms with Gasteiger partial charge in [-0.05, 0) is 17.4 Å². The van der Waals surface area contributed by atoms with Gasteiger partial charge in [0.05, 0.1) is 0 Å². The molecule has 0 bridgehead atoms. The molecule has 0 spiro atoms. The van der Waals surface area contributed by atoms with E-state index in [1.165, 1.54) is 39.0 Å². The first-order chi connectivity index (χ1) is 15.6. The van der Waals surface area contributed by atoms with Crippen LogP contribution in [-0.2, 0) is 43.5 Å². The van der Waals surface area contributed by atoms with Crippen molar-refractivity contribution in [1.82, 2.24) is 0 Å². The molecule has 187 valence electrons. The van der Waals surface area contributed by atoms with Gasteiger partial charge in [-0.2, -0.15) is 54.8 Å². The molecular weight excluding hydrogens is 500 g/mol. The number of hydrogen-bond donors (Lipinski definition) is 0. The van der Waals surface area contributed by atoms with Crippen LogP contribution in [0.5, 0.6) is 0 Å². The minimum atomic E-state index is 0. The fourth-order valence-corrected chi connectivity index (χ4v) is 4.04. The Balaban J connectivity index is 0.000000368. The van der Waals surface area contributed by atoms with E-state index < -0.39 is 0 Å². The SMILES string of the molecule is CC(C)(C)c1c[c-]c2c(c1)-c1cc(C(C)(C)C)ccc1C2.CC1[C-]=CC(C(C)(C)C)=C1.C[CH-]C.[Zr+3]. The van der Waals surface area contributed by atoms with Gasteiger partial charge in [-0.1, -0.05) is 115 Å². The number of rotatable bonds is 0. The Morgan fingerprint density at radius 3 is 1.77 bits per heavy atom. The van der Waals surface area contributed by atoms with E-state index in [1.807, 2.05) is 20.3 Å². The monoisotopic (exact) mass is 545 g/mol. The standard InChI is InChI=1S/C21H25.C10H15.C3H7.Zr/c1-20(2,3)16-9-7-14-11-15-8-10-17(21(4,5)6)13-19(15)18(14)12-16;1-8-5-6-9(7-8)10(2,3)4;1-3-2;/h7,9-10,12-13H,11H2,1-6H3;6-8H,1-4H3;3H,1-2H3;/q3*-1;+3. The molecule has 2 aliphatic rings. The minimum absolute atomic E-state index is 0. The van der Waals surface area contributed by atoms with Gasteiger partial charge < -0.3 is 6.42 Å². The molecule has 0 nitrogen and oxygen atoms in total. The van der Waals surface area contributed by atoms with E-state index in [0.29, 0.717) is 11.3 Å². The van der Waals surface area contributed by atoms with Gasteiger partial charge >= 0.3 is 26.2 Å². The quantitative estimate of drug-likeness (QED) is 0.246. The molecule has 0 saturated carbocycles. The maximum atomic E-state index is 3.53. The van der Waals surface area contributed by atoms with Crippen LogP contribution >= 0.6 is 0 Å². The van der Waals surface area contributed by atoms with Gasteiger partial charge in [0.2, 0.25) is 0 Å². The summed E-state index contributed by atoms with van der Waals surface area (Å²) in [6, 6.07) is 15.1. The van der Waals surface area contributed by atoms with E-state index in [-0.39, 0.29) is 37.0 Å². The van der Waals surface area contributed by atoms with Crippen molar-refractivity contribution in [2.45, 2.75) is 100 Å². The molecule has 1 radical (unpaired) electrons. The molecule has 0 N–H and O–H groups in total. The molecule has 35 heavy (non-hydrogen) atoms. The van der Waals surface area contributed by atoms with E-state index in [0.717, 1.165) is 6.42 Å². The fraction of sp³-hybridized carbons (Fsp3) is 0.500. The minimum Gasteiger partial charge on any atom is -0.335 e. The third-order valence-electron chi connectivity index (χ3n) is 6.32. The Bertz CT molecular complexity index is 968. The summed E-state index contributed by atoms with van der Waals surface area (Å²) < 4.78 is 0. The van der Waals surface area contributed by atoms with Gasteiger partial charge in [0.25, 0.3) is 0 Å². The summed E-state index contributed by atoms with van der Waals surface area (Å²) in [6.07, 6.45) is 10.7. The molecule has 0 aromatic heterocycles. The third-order valence-corrected chi connectivity index (χ3v) is 6.32. The molecule has 2 aromatic rings. The van der Waals surface area contributed by atoms with Gasteiger partial charge in [-0.25, -0.2) is 6.08 Å². The van der Waals surface area contributed by atoms with Crippen LogP contribution in [0.2, 0.25) is 0 Å². The molecule has 2 aromatic carbocycles. The first-order valence-electron chi connectivity index (χ1n) is 12.8. The molecule has 1 heteroatoms. The van der Waals surface area contributed by atoms with Gasteiger partial charge in [-0.3, -0.25) is 6.08 Å². The van der Waals surface area contributed by atoms with Crippen molar-refractivity contribution in [3.8, 4) is 11.1 Å². The summed E-state index contributed by atoms with van der Waals surface area (Å²) in [4.78, 5) is 0. The van der Waals surface area contributed by atoms with Crippen molar-refractivity contribution in [2.24, 2.45) is 11.3 Å². The number of benzene rings is 2. The molecule has 0 aliphatic heterocycles. The number of hydrogen-bond acceptors (Lipinski definition) is 0. The second kappa shape index (κ2) is 12.4. The number of fused-ring (bicyclic) bond motifs is 3. The van der Waals surface area contributed by atoms with Crippen LogP contribution in [-0.4, -0.2) is 0 Å². The zero-order chi connectivity index (χ0) is 25.9. The molecule has 1 atom stereocenters. The smallest absolute Gasteiger partial charge is 0.335 e. The maximum absolute atomic E-state index is 3.53. The fourth-order valence-electron chi connectivity index (χ4n) is 4.04. The third kappa shape index (κ3) is 8.70. The second-order valence-electron chi connectivity index (χ2n) is 12.9. The zero-order valence-electron chi connectivity index (χ0n) is 24.4. The summed E-state index contributed by atoms with van der Waals surface area (Å²) in [5.41, 5.74) is 10.5. The molecule has 0 fully saturated rings. The summed E-state index contributed by atoms with van der Waals surface area (Å²) in [7, 11) is 0. The van der Waals surface area contributed by atoms with Crippen LogP contribution in [0.25, 0.3) is 11.1 Å². The predicted molar refractivity (Wildman–Crippen MR) is 151 cm³/mol. The summed E-state index contributed by atoms with van der Waals surface area (Å²) in [6.45, 7) is 26.5. The Morgan fingerprint density at radius 1 is 0.800 bits per heavy atom. The van der Waals surface area contributed by atoms with Crippen molar-refractivity contribution >= 4 is 0 Å². The molecular formula is C34H47Zr. The predicted octanol–water partition coefficient (Wildman–Crippen LogP) is 9.85. The summed E-state index contributed by atoms with van der Waals surface area (Å²) in [5.74, 6) is 0.522. The van der Waals surface area contributed by atoms with Crippen LogP contribution in [0.1, 0.15) is 105 Å². The van der Waals surface area contributed by atoms with Crippen LogP contribution in [0.4, 0.5) is 0 Å². The first-order valence-corrected chi connectivity index (χ1v) is 12.8. The Labute approximate surface area is 236 Å². The largest absolute Gasteiger partial charge is 3.00 e. The van der Waals surface area contributed by atoms with E-state index in [4.69, 9.17) is 0 Å². The average Bonchev–Trinajstić information content (AvgIpc) is 3.30. The van der Waals surface area contributed by atoms with Gasteiger partial charge in [-0.15, -0.1) is 5.56 Å². The van der Waals surface area contributed by atoms with Crippen LogP contribution in [0.3, 0.4) is 0 Å². The Kier molecular flexibility index (Phi) is 11.2. The summed E-state index contributed by atoms with van der Waals surface area (Å²) in [5, 5.41) is 0. The average molecular weight is 547 g/mol. The second-order valence-corrected chi connectivity index (χ2v) is 12.9. The molecule has 0 saturated heterocycles. The van der Waals surface area contributed by atoms with Gasteiger partial charge in [0.1, 0.15) is 0 Å². The van der Waals surface area contributed by atoms with E-state index in [9.17, 15) is 0 Å². The molecule has 4 rings (SSSR count). The van der Waals surface area contributed by atoms with Crippen molar-refractivity contribution in [2.75, 3.05) is 0 Å². The topological polar surface area (TPSA) is 0 Å². The van der Waals surface area contributed by atoms with Crippen molar-refractivity contribution < 1.29 is 26.2 Å². The van der Waals surface area contributed by atoms with Crippen LogP contribution in [0, 0.1) is 29.9 Å². The first kappa shape index (κ1) is 31.8. The van der Waals surface area contributed by atoms with Crippen LogP contribution in [0.15, 0.2) is 48.1 Å². The van der Waals surface area contributed by atoms with Crippen molar-refractivity contribution in [3.63, 3.8) is 0 Å². The Morgan fingerprint density at radius 2 is 1.34 bits per heavy atom. The normalized spacial score (nSPS) is 16.1. The van der Waals surface area contributed by atoms with E-state index >= 15 is 0 Å². The van der Waals surface area contributed by atoms with E-state index in [1.54, 1.807) is 0 Å². The van der Waals surface area contributed by atoms with Gasteiger partial charge in [0.15, 0.2) is 0 Å². The molecule has 0 heterocycles. The number of allylic oxidation sites excluding steroid dienone is 4. The van der Waals surface area contributed by atoms with E-state index in [2.05, 4.69) is 124 Å². The zero-order valence-corrected chi connectivity index (χ0v) is 26.9. The van der Waals surface area contributed by atoms with Crippen LogP contribution < -0.4 is 0 Å². The summed E-state index contributed by atoms with van der Waals surface area (Å²) >= 11 is 0. The van der Waals surface area contributed by atoms with Crippen molar-refractivity contribution in [3.05, 3.63) is 88.9 Å².